The van der Waals surface area contributed by atoms with Crippen molar-refractivity contribution in [1.29, 1.82) is 0 Å². The molecule has 22 heavy (non-hydrogen) atoms. The summed E-state index contributed by atoms with van der Waals surface area (Å²) in [5.74, 6) is -0.551. The molecule has 1 aliphatic heterocycles. The summed E-state index contributed by atoms with van der Waals surface area (Å²) in [6.45, 7) is 0.748. The molecule has 1 N–H and O–H groups in total. The van der Waals surface area contributed by atoms with Gasteiger partial charge in [-0.15, -0.1) is 0 Å². The number of carbonyl (C=O) groups excluding carboxylic acids is 1. The Morgan fingerprint density at radius 2 is 2.09 bits per heavy atom. The van der Waals surface area contributed by atoms with Crippen LogP contribution in [0.2, 0.25) is 0 Å². The van der Waals surface area contributed by atoms with E-state index in [4.69, 9.17) is 14.6 Å². The molecule has 0 bridgehead atoms. The number of hydrogen-bond donors (Lipinski definition) is 1. The van der Waals surface area contributed by atoms with Gasteiger partial charge in [0, 0.05) is 19.4 Å². The SMILES string of the molecule is O=C(O)CCCCCCC1=C[C@@H](OC2CCCCO2)CC1=O. The van der Waals surface area contributed by atoms with Gasteiger partial charge in [-0.2, -0.15) is 0 Å². The highest BCUT2D eigenvalue weighted by Crippen LogP contribution is 2.25. The van der Waals surface area contributed by atoms with Crippen LogP contribution >= 0.6 is 0 Å². The summed E-state index contributed by atoms with van der Waals surface area (Å²) >= 11 is 0. The minimum Gasteiger partial charge on any atom is -0.481 e. The molecule has 1 fully saturated rings. The van der Waals surface area contributed by atoms with E-state index in [0.717, 1.165) is 57.1 Å². The van der Waals surface area contributed by atoms with Crippen LogP contribution in [-0.2, 0) is 19.1 Å². The van der Waals surface area contributed by atoms with Crippen LogP contribution in [0.25, 0.3) is 0 Å². The van der Waals surface area contributed by atoms with Crippen LogP contribution in [0.4, 0.5) is 0 Å². The van der Waals surface area contributed by atoms with E-state index in [1.165, 1.54) is 0 Å². The predicted molar refractivity (Wildman–Crippen MR) is 81.5 cm³/mol. The smallest absolute Gasteiger partial charge is 0.303 e. The number of carboxylic acids is 1. The van der Waals surface area contributed by atoms with E-state index in [9.17, 15) is 9.59 Å². The first-order valence-corrected chi connectivity index (χ1v) is 8.38. The summed E-state index contributed by atoms with van der Waals surface area (Å²) in [6, 6.07) is 0. The number of unbranched alkanes of at least 4 members (excludes halogenated alkanes) is 3. The van der Waals surface area contributed by atoms with Crippen molar-refractivity contribution in [2.75, 3.05) is 6.61 Å². The van der Waals surface area contributed by atoms with Crippen LogP contribution in [-0.4, -0.2) is 35.9 Å². The third-order valence-electron chi connectivity index (χ3n) is 4.18. The van der Waals surface area contributed by atoms with Gasteiger partial charge in [-0.3, -0.25) is 9.59 Å². The first kappa shape index (κ1) is 17.2. The van der Waals surface area contributed by atoms with Gasteiger partial charge in [0.05, 0.1) is 6.10 Å². The third kappa shape index (κ3) is 5.89. The zero-order valence-electron chi connectivity index (χ0n) is 13.1. The highest BCUT2D eigenvalue weighted by molar-refractivity contribution is 5.98. The van der Waals surface area contributed by atoms with Gasteiger partial charge in [0.2, 0.25) is 0 Å². The highest BCUT2D eigenvalue weighted by atomic mass is 16.7. The van der Waals surface area contributed by atoms with Gasteiger partial charge in [-0.25, -0.2) is 0 Å². The quantitative estimate of drug-likeness (QED) is 0.662. The lowest BCUT2D eigenvalue weighted by Gasteiger charge is -2.24. The molecular weight excluding hydrogens is 284 g/mol. The fourth-order valence-electron chi connectivity index (χ4n) is 2.96. The summed E-state index contributed by atoms with van der Waals surface area (Å²) in [7, 11) is 0. The fraction of sp³-hybridized carbons (Fsp3) is 0.765. The Kier molecular flexibility index (Phi) is 7.06. The monoisotopic (exact) mass is 310 g/mol. The average molecular weight is 310 g/mol. The molecule has 1 aliphatic carbocycles. The minimum absolute atomic E-state index is 0.127. The van der Waals surface area contributed by atoms with Crippen LogP contribution in [0.5, 0.6) is 0 Å². The van der Waals surface area contributed by atoms with Gasteiger partial charge in [-0.1, -0.05) is 12.8 Å². The first-order chi connectivity index (χ1) is 10.6. The van der Waals surface area contributed by atoms with Crippen molar-refractivity contribution in [3.63, 3.8) is 0 Å². The molecule has 0 spiro atoms. The number of rotatable bonds is 9. The lowest BCUT2D eigenvalue weighted by Crippen LogP contribution is -2.26. The van der Waals surface area contributed by atoms with Crippen molar-refractivity contribution in [3.05, 3.63) is 11.6 Å². The van der Waals surface area contributed by atoms with E-state index < -0.39 is 5.97 Å². The molecule has 2 rings (SSSR count). The molecule has 0 radical (unpaired) electrons. The molecule has 2 aliphatic rings. The third-order valence-corrected chi connectivity index (χ3v) is 4.18. The number of allylic oxidation sites excluding steroid dienone is 1. The molecule has 0 aromatic rings. The van der Waals surface area contributed by atoms with Crippen molar-refractivity contribution < 1.29 is 24.2 Å². The van der Waals surface area contributed by atoms with Gasteiger partial charge in [0.15, 0.2) is 12.1 Å². The number of Topliss-reactive ketones (excluding diaryl/α,β-unsaturated/α-hetero) is 1. The highest BCUT2D eigenvalue weighted by Gasteiger charge is 2.27. The second-order valence-electron chi connectivity index (χ2n) is 6.10. The van der Waals surface area contributed by atoms with E-state index in [2.05, 4.69) is 0 Å². The number of carboxylic acid groups (broad SMARTS) is 1. The summed E-state index contributed by atoms with van der Waals surface area (Å²) in [4.78, 5) is 22.4. The lowest BCUT2D eigenvalue weighted by atomic mass is 10.0. The van der Waals surface area contributed by atoms with Crippen LogP contribution < -0.4 is 0 Å². The van der Waals surface area contributed by atoms with Gasteiger partial charge in [0.25, 0.3) is 0 Å². The molecule has 0 aromatic heterocycles. The second kappa shape index (κ2) is 9.06. The minimum atomic E-state index is -0.737. The molecule has 0 saturated carbocycles. The van der Waals surface area contributed by atoms with Crippen molar-refractivity contribution in [1.82, 2.24) is 0 Å². The van der Waals surface area contributed by atoms with Gasteiger partial charge in [0.1, 0.15) is 0 Å². The summed E-state index contributed by atoms with van der Waals surface area (Å²) in [5, 5.41) is 8.56. The van der Waals surface area contributed by atoms with Crippen LogP contribution in [0, 0.1) is 0 Å². The summed E-state index contributed by atoms with van der Waals surface area (Å²) in [5.41, 5.74) is 0.874. The molecule has 0 amide bonds. The van der Waals surface area contributed by atoms with Crippen molar-refractivity contribution in [2.45, 2.75) is 76.6 Å². The van der Waals surface area contributed by atoms with Gasteiger partial charge in [-0.05, 0) is 50.2 Å². The molecule has 124 valence electrons. The number of aliphatic carboxylic acids is 1. The summed E-state index contributed by atoms with van der Waals surface area (Å²) in [6.07, 6.45) is 9.77. The Bertz CT molecular complexity index is 409. The Morgan fingerprint density at radius 3 is 2.82 bits per heavy atom. The second-order valence-corrected chi connectivity index (χ2v) is 6.10. The van der Waals surface area contributed by atoms with Crippen LogP contribution in [0.3, 0.4) is 0 Å². The molecule has 5 heteroatoms. The lowest BCUT2D eigenvalue weighted by molar-refractivity contribution is -0.178. The van der Waals surface area contributed by atoms with Crippen molar-refractivity contribution >= 4 is 11.8 Å². The molecular formula is C17H26O5. The maximum absolute atomic E-state index is 12.0. The Labute approximate surface area is 131 Å². The standard InChI is InChI=1S/C17H26O5/c18-15-12-14(22-17-9-5-6-10-21-17)11-13(15)7-3-1-2-4-8-16(19)20/h11,14,17H,1-10,12H2,(H,19,20)/t14-,17?/m1/s1. The fourth-order valence-corrected chi connectivity index (χ4v) is 2.96. The maximum atomic E-state index is 12.0. The van der Waals surface area contributed by atoms with E-state index in [-0.39, 0.29) is 24.6 Å². The van der Waals surface area contributed by atoms with Crippen molar-refractivity contribution in [3.8, 4) is 0 Å². The largest absolute Gasteiger partial charge is 0.481 e. The normalized spacial score (nSPS) is 25.3. The Hall–Kier alpha value is -1.20. The Morgan fingerprint density at radius 1 is 1.27 bits per heavy atom. The van der Waals surface area contributed by atoms with E-state index in [1.807, 2.05) is 6.08 Å². The van der Waals surface area contributed by atoms with Crippen LogP contribution in [0.15, 0.2) is 11.6 Å². The van der Waals surface area contributed by atoms with Gasteiger partial charge >= 0.3 is 5.97 Å². The van der Waals surface area contributed by atoms with Crippen molar-refractivity contribution in [2.24, 2.45) is 0 Å². The predicted octanol–water partition coefficient (Wildman–Crippen LogP) is 3.22. The maximum Gasteiger partial charge on any atom is 0.303 e. The molecule has 0 aromatic carbocycles. The molecule has 1 unspecified atom stereocenters. The molecule has 1 saturated heterocycles. The molecule has 1 heterocycles. The Balaban J connectivity index is 1.63. The molecule has 2 atom stereocenters. The first-order valence-electron chi connectivity index (χ1n) is 8.38. The number of ether oxygens (including phenoxy) is 2. The zero-order valence-corrected chi connectivity index (χ0v) is 13.1. The number of carbonyl (C=O) groups is 2. The van der Waals surface area contributed by atoms with E-state index in [1.54, 1.807) is 0 Å². The van der Waals surface area contributed by atoms with E-state index in [0.29, 0.717) is 12.8 Å². The number of ketones is 1. The molecule has 5 nitrogen and oxygen atoms in total. The number of hydrogen-bond acceptors (Lipinski definition) is 4. The average Bonchev–Trinajstić information content (AvgIpc) is 2.83. The van der Waals surface area contributed by atoms with E-state index >= 15 is 0 Å². The summed E-state index contributed by atoms with van der Waals surface area (Å²) < 4.78 is 11.4. The zero-order chi connectivity index (χ0) is 15.8. The van der Waals surface area contributed by atoms with Crippen LogP contribution in [0.1, 0.15) is 64.2 Å². The topological polar surface area (TPSA) is 72.8 Å². The van der Waals surface area contributed by atoms with Gasteiger partial charge < -0.3 is 14.6 Å².